The number of para-hydroxylation sites is 1. The van der Waals surface area contributed by atoms with Crippen molar-refractivity contribution in [1.82, 2.24) is 9.97 Å². The van der Waals surface area contributed by atoms with Gasteiger partial charge < -0.3 is 5.11 Å². The van der Waals surface area contributed by atoms with E-state index in [1.165, 1.54) is 0 Å². The SMILES string of the molecule is OC(Cc1ccncc1)c1nc2ccccc2cc1Br. The number of pyridine rings is 2. The lowest BCUT2D eigenvalue weighted by Crippen LogP contribution is -2.05. The van der Waals surface area contributed by atoms with Crippen LogP contribution < -0.4 is 0 Å². The van der Waals surface area contributed by atoms with Crippen LogP contribution in [-0.4, -0.2) is 15.1 Å². The van der Waals surface area contributed by atoms with Crippen molar-refractivity contribution in [3.8, 4) is 0 Å². The summed E-state index contributed by atoms with van der Waals surface area (Å²) in [6.45, 7) is 0. The molecule has 0 spiro atoms. The quantitative estimate of drug-likeness (QED) is 0.797. The second-order valence-corrected chi connectivity index (χ2v) is 5.48. The molecule has 0 radical (unpaired) electrons. The molecule has 0 aliphatic carbocycles. The van der Waals surface area contributed by atoms with E-state index in [-0.39, 0.29) is 0 Å². The van der Waals surface area contributed by atoms with Crippen LogP contribution in [0.25, 0.3) is 10.9 Å². The van der Waals surface area contributed by atoms with Gasteiger partial charge in [0.25, 0.3) is 0 Å². The van der Waals surface area contributed by atoms with Crippen LogP contribution in [0, 0.1) is 0 Å². The zero-order valence-corrected chi connectivity index (χ0v) is 12.3. The Morgan fingerprint density at radius 2 is 1.85 bits per heavy atom. The van der Waals surface area contributed by atoms with E-state index >= 15 is 0 Å². The monoisotopic (exact) mass is 328 g/mol. The van der Waals surface area contributed by atoms with Crippen LogP contribution >= 0.6 is 15.9 Å². The minimum absolute atomic E-state index is 0.520. The molecule has 3 nitrogen and oxygen atoms in total. The number of benzene rings is 1. The maximum atomic E-state index is 10.4. The molecule has 3 aromatic rings. The molecule has 0 aliphatic rings. The molecule has 3 rings (SSSR count). The minimum atomic E-state index is -0.642. The van der Waals surface area contributed by atoms with Crippen LogP contribution in [0.4, 0.5) is 0 Å². The fourth-order valence-electron chi connectivity index (χ4n) is 2.18. The molecule has 0 saturated carbocycles. The molecule has 1 N–H and O–H groups in total. The van der Waals surface area contributed by atoms with Crippen LogP contribution in [0.1, 0.15) is 17.4 Å². The Kier molecular flexibility index (Phi) is 3.76. The predicted molar refractivity (Wildman–Crippen MR) is 82.3 cm³/mol. The number of halogens is 1. The van der Waals surface area contributed by atoms with Gasteiger partial charge >= 0.3 is 0 Å². The maximum absolute atomic E-state index is 10.4. The van der Waals surface area contributed by atoms with Crippen LogP contribution in [0.5, 0.6) is 0 Å². The molecule has 100 valence electrons. The average Bonchev–Trinajstić information content (AvgIpc) is 2.47. The summed E-state index contributed by atoms with van der Waals surface area (Å²) in [5, 5.41) is 11.5. The Labute approximate surface area is 125 Å². The van der Waals surface area contributed by atoms with Crippen molar-refractivity contribution in [3.05, 3.63) is 70.6 Å². The summed E-state index contributed by atoms with van der Waals surface area (Å²) in [4.78, 5) is 8.54. The van der Waals surface area contributed by atoms with E-state index in [0.717, 1.165) is 20.9 Å². The van der Waals surface area contributed by atoms with Crippen LogP contribution in [0.3, 0.4) is 0 Å². The lowest BCUT2D eigenvalue weighted by Gasteiger charge is -2.13. The van der Waals surface area contributed by atoms with Gasteiger partial charge in [-0.15, -0.1) is 0 Å². The van der Waals surface area contributed by atoms with E-state index in [1.807, 2.05) is 42.5 Å². The summed E-state index contributed by atoms with van der Waals surface area (Å²) in [7, 11) is 0. The molecule has 0 aliphatic heterocycles. The molecule has 0 fully saturated rings. The molecular formula is C16H13BrN2O. The molecule has 0 saturated heterocycles. The molecule has 1 aromatic carbocycles. The van der Waals surface area contributed by atoms with Gasteiger partial charge in [0.05, 0.1) is 11.2 Å². The normalized spacial score (nSPS) is 12.5. The summed E-state index contributed by atoms with van der Waals surface area (Å²) in [6.07, 6.45) is 3.33. The standard InChI is InChI=1S/C16H13BrN2O/c17-13-10-12-3-1-2-4-14(12)19-16(13)15(20)9-11-5-7-18-8-6-11/h1-8,10,15,20H,9H2. The molecule has 1 atom stereocenters. The van der Waals surface area contributed by atoms with Gasteiger partial charge in [-0.05, 0) is 45.8 Å². The van der Waals surface area contributed by atoms with E-state index in [0.29, 0.717) is 12.1 Å². The Bertz CT molecular complexity index is 731. The van der Waals surface area contributed by atoms with Crippen molar-refractivity contribution in [1.29, 1.82) is 0 Å². The largest absolute Gasteiger partial charge is 0.386 e. The van der Waals surface area contributed by atoms with Crippen molar-refractivity contribution in [3.63, 3.8) is 0 Å². The minimum Gasteiger partial charge on any atom is -0.386 e. The van der Waals surface area contributed by atoms with E-state index in [9.17, 15) is 5.11 Å². The Balaban J connectivity index is 1.95. The van der Waals surface area contributed by atoms with Gasteiger partial charge in [0.2, 0.25) is 0 Å². The van der Waals surface area contributed by atoms with Gasteiger partial charge in [0.15, 0.2) is 0 Å². The van der Waals surface area contributed by atoms with Gasteiger partial charge in [0, 0.05) is 28.7 Å². The third kappa shape index (κ3) is 2.71. The van der Waals surface area contributed by atoms with E-state index in [2.05, 4.69) is 25.9 Å². The topological polar surface area (TPSA) is 46.0 Å². The molecule has 2 aromatic heterocycles. The Morgan fingerprint density at radius 1 is 1.10 bits per heavy atom. The van der Waals surface area contributed by atoms with Gasteiger partial charge in [0.1, 0.15) is 6.10 Å². The summed E-state index contributed by atoms with van der Waals surface area (Å²) < 4.78 is 0.831. The van der Waals surface area contributed by atoms with Crippen LogP contribution in [0.15, 0.2) is 59.3 Å². The first-order valence-electron chi connectivity index (χ1n) is 6.36. The number of nitrogens with zero attached hydrogens (tertiary/aromatic N) is 2. The number of hydrogen-bond donors (Lipinski definition) is 1. The highest BCUT2D eigenvalue weighted by atomic mass is 79.9. The van der Waals surface area contributed by atoms with Crippen molar-refractivity contribution in [2.75, 3.05) is 0 Å². The summed E-state index contributed by atoms with van der Waals surface area (Å²) in [5.41, 5.74) is 2.59. The summed E-state index contributed by atoms with van der Waals surface area (Å²) in [6, 6.07) is 13.7. The third-order valence-corrected chi connectivity index (χ3v) is 3.83. The first-order valence-corrected chi connectivity index (χ1v) is 7.15. The van der Waals surface area contributed by atoms with Gasteiger partial charge in [-0.1, -0.05) is 18.2 Å². The molecular weight excluding hydrogens is 316 g/mol. The highest BCUT2D eigenvalue weighted by Crippen LogP contribution is 2.27. The van der Waals surface area contributed by atoms with E-state index in [1.54, 1.807) is 12.4 Å². The van der Waals surface area contributed by atoms with Crippen LogP contribution in [0.2, 0.25) is 0 Å². The summed E-state index contributed by atoms with van der Waals surface area (Å²) >= 11 is 3.50. The van der Waals surface area contributed by atoms with E-state index in [4.69, 9.17) is 0 Å². The predicted octanol–water partition coefficient (Wildman–Crippen LogP) is 3.67. The van der Waals surface area contributed by atoms with E-state index < -0.39 is 6.10 Å². The smallest absolute Gasteiger partial charge is 0.101 e. The molecule has 1 unspecified atom stereocenters. The van der Waals surface area contributed by atoms with Gasteiger partial charge in [-0.3, -0.25) is 4.98 Å². The lowest BCUT2D eigenvalue weighted by molar-refractivity contribution is 0.173. The second-order valence-electron chi connectivity index (χ2n) is 4.62. The van der Waals surface area contributed by atoms with Crippen LogP contribution in [-0.2, 0) is 6.42 Å². The number of hydrogen-bond acceptors (Lipinski definition) is 3. The molecule has 0 bridgehead atoms. The zero-order valence-electron chi connectivity index (χ0n) is 10.7. The highest BCUT2D eigenvalue weighted by molar-refractivity contribution is 9.10. The second kappa shape index (κ2) is 5.69. The number of aliphatic hydroxyl groups is 1. The Morgan fingerprint density at radius 3 is 2.65 bits per heavy atom. The number of fused-ring (bicyclic) bond motifs is 1. The Hall–Kier alpha value is -1.78. The number of rotatable bonds is 3. The molecule has 4 heteroatoms. The van der Waals surface area contributed by atoms with Gasteiger partial charge in [-0.2, -0.15) is 0 Å². The molecule has 2 heterocycles. The molecule has 0 amide bonds. The number of aliphatic hydroxyl groups excluding tert-OH is 1. The average molecular weight is 329 g/mol. The maximum Gasteiger partial charge on any atom is 0.101 e. The number of aromatic nitrogens is 2. The van der Waals surface area contributed by atoms with Crippen molar-refractivity contribution < 1.29 is 5.11 Å². The lowest BCUT2D eigenvalue weighted by atomic mass is 10.1. The zero-order chi connectivity index (χ0) is 13.9. The van der Waals surface area contributed by atoms with Crippen molar-refractivity contribution in [2.45, 2.75) is 12.5 Å². The van der Waals surface area contributed by atoms with Crippen molar-refractivity contribution in [2.24, 2.45) is 0 Å². The first-order chi connectivity index (χ1) is 9.74. The summed E-state index contributed by atoms with van der Waals surface area (Å²) in [5.74, 6) is 0. The van der Waals surface area contributed by atoms with Crippen molar-refractivity contribution >= 4 is 26.8 Å². The highest BCUT2D eigenvalue weighted by Gasteiger charge is 2.14. The third-order valence-electron chi connectivity index (χ3n) is 3.20. The fourth-order valence-corrected chi connectivity index (χ4v) is 2.78. The first kappa shape index (κ1) is 13.2. The van der Waals surface area contributed by atoms with Gasteiger partial charge in [-0.25, -0.2) is 4.98 Å². The fraction of sp³-hybridized carbons (Fsp3) is 0.125. The molecule has 20 heavy (non-hydrogen) atoms.